The van der Waals surface area contributed by atoms with Gasteiger partial charge in [-0.1, -0.05) is 24.3 Å². The van der Waals surface area contributed by atoms with Crippen LogP contribution in [0.15, 0.2) is 53.3 Å². The first-order chi connectivity index (χ1) is 15.9. The van der Waals surface area contributed by atoms with Gasteiger partial charge in [0.2, 0.25) is 11.7 Å². The third-order valence-corrected chi connectivity index (χ3v) is 5.32. The van der Waals surface area contributed by atoms with E-state index in [2.05, 4.69) is 15.5 Å². The van der Waals surface area contributed by atoms with Gasteiger partial charge in [0.05, 0.1) is 30.5 Å². The maximum absolute atomic E-state index is 12.6. The number of nitrogens with zero attached hydrogens (tertiary/aromatic N) is 4. The van der Waals surface area contributed by atoms with Crippen molar-refractivity contribution in [3.8, 4) is 5.75 Å². The summed E-state index contributed by atoms with van der Waals surface area (Å²) in [7, 11) is 3.17. The van der Waals surface area contributed by atoms with E-state index in [-0.39, 0.29) is 24.5 Å². The van der Waals surface area contributed by atoms with Gasteiger partial charge in [0.1, 0.15) is 5.75 Å². The summed E-state index contributed by atoms with van der Waals surface area (Å²) in [5, 5.41) is 11.5. The fraction of sp³-hybridized carbons (Fsp3) is 0.261. The van der Waals surface area contributed by atoms with E-state index in [9.17, 15) is 14.4 Å². The van der Waals surface area contributed by atoms with Gasteiger partial charge >= 0.3 is 5.97 Å². The fourth-order valence-electron chi connectivity index (χ4n) is 3.69. The van der Waals surface area contributed by atoms with E-state index in [1.54, 1.807) is 61.0 Å². The number of carbonyl (C=O) groups is 2. The van der Waals surface area contributed by atoms with Gasteiger partial charge in [-0.05, 0) is 29.8 Å². The van der Waals surface area contributed by atoms with E-state index in [1.165, 1.54) is 11.5 Å². The van der Waals surface area contributed by atoms with Gasteiger partial charge in [0.25, 0.3) is 5.56 Å². The van der Waals surface area contributed by atoms with Gasteiger partial charge < -0.3 is 14.8 Å². The number of aromatic nitrogens is 4. The van der Waals surface area contributed by atoms with Crippen LogP contribution in [0.2, 0.25) is 0 Å². The number of benzene rings is 2. The highest BCUT2D eigenvalue weighted by atomic mass is 16.5. The van der Waals surface area contributed by atoms with Crippen LogP contribution in [0.4, 0.5) is 0 Å². The molecule has 1 N–H and O–H groups in total. The Hall–Kier alpha value is -4.21. The van der Waals surface area contributed by atoms with Gasteiger partial charge in [-0.15, -0.1) is 10.2 Å². The van der Waals surface area contributed by atoms with Gasteiger partial charge in [0, 0.05) is 14.0 Å². The lowest BCUT2D eigenvalue weighted by molar-refractivity contribution is -0.146. The van der Waals surface area contributed by atoms with E-state index in [0.29, 0.717) is 28.3 Å². The van der Waals surface area contributed by atoms with Gasteiger partial charge in [-0.25, -0.2) is 0 Å². The minimum Gasteiger partial charge on any atom is -0.497 e. The van der Waals surface area contributed by atoms with E-state index < -0.39 is 12.0 Å². The van der Waals surface area contributed by atoms with E-state index in [4.69, 9.17) is 9.47 Å². The molecule has 4 aromatic rings. The molecule has 0 saturated carbocycles. The molecular formula is C23H23N5O5. The Morgan fingerprint density at radius 2 is 1.82 bits per heavy atom. The molecule has 0 aliphatic rings. The zero-order valence-electron chi connectivity index (χ0n) is 18.4. The molecule has 0 spiro atoms. The van der Waals surface area contributed by atoms with E-state index in [1.807, 2.05) is 6.07 Å². The number of hydrogen-bond acceptors (Lipinski definition) is 7. The average molecular weight is 449 g/mol. The molecule has 0 aliphatic heterocycles. The molecule has 33 heavy (non-hydrogen) atoms. The van der Waals surface area contributed by atoms with Crippen LogP contribution in [-0.2, 0) is 28.0 Å². The van der Waals surface area contributed by atoms with Crippen LogP contribution in [0, 0.1) is 0 Å². The predicted molar refractivity (Wildman–Crippen MR) is 120 cm³/mol. The van der Waals surface area contributed by atoms with Crippen LogP contribution in [-0.4, -0.2) is 38.2 Å². The van der Waals surface area contributed by atoms with E-state index >= 15 is 0 Å². The van der Waals surface area contributed by atoms with Crippen molar-refractivity contribution in [1.82, 2.24) is 24.5 Å². The molecule has 10 heteroatoms. The number of ether oxygens (including phenoxy) is 2. The number of rotatable bonds is 7. The lowest BCUT2D eigenvalue weighted by atomic mass is 10.0. The second-order valence-corrected chi connectivity index (χ2v) is 7.52. The summed E-state index contributed by atoms with van der Waals surface area (Å²) in [4.78, 5) is 36.9. The number of esters is 1. The molecule has 1 amide bonds. The number of carbonyl (C=O) groups excluding carboxylic acids is 2. The van der Waals surface area contributed by atoms with Crippen LogP contribution >= 0.6 is 0 Å². The maximum atomic E-state index is 12.6. The molecule has 2 aromatic carbocycles. The maximum Gasteiger partial charge on any atom is 0.308 e. The molecule has 1 unspecified atom stereocenters. The summed E-state index contributed by atoms with van der Waals surface area (Å²) < 4.78 is 13.7. The molecule has 0 bridgehead atoms. The highest BCUT2D eigenvalue weighted by Crippen LogP contribution is 2.21. The molecule has 0 fully saturated rings. The second-order valence-electron chi connectivity index (χ2n) is 7.52. The number of amides is 1. The molecule has 10 nitrogen and oxygen atoms in total. The Balaban J connectivity index is 1.55. The van der Waals surface area contributed by atoms with Crippen molar-refractivity contribution in [3.63, 3.8) is 0 Å². The lowest BCUT2D eigenvalue weighted by Crippen LogP contribution is -2.28. The summed E-state index contributed by atoms with van der Waals surface area (Å²) in [6, 6.07) is 13.6. The van der Waals surface area contributed by atoms with Crippen molar-refractivity contribution in [2.75, 3.05) is 7.11 Å². The molecular weight excluding hydrogens is 426 g/mol. The summed E-state index contributed by atoms with van der Waals surface area (Å²) in [6.07, 6.45) is -0.0676. The number of para-hydroxylation sites is 1. The van der Waals surface area contributed by atoms with Crippen molar-refractivity contribution >= 4 is 28.6 Å². The zero-order valence-corrected chi connectivity index (χ0v) is 18.4. The number of aryl methyl sites for hydroxylation is 1. The first kappa shape index (κ1) is 22.0. The van der Waals surface area contributed by atoms with Crippen molar-refractivity contribution < 1.29 is 19.1 Å². The number of nitrogens with one attached hydrogen (secondary N) is 1. The van der Waals surface area contributed by atoms with Crippen molar-refractivity contribution in [2.24, 2.45) is 7.05 Å². The molecule has 170 valence electrons. The number of hydrogen-bond donors (Lipinski definition) is 1. The van der Waals surface area contributed by atoms with E-state index in [0.717, 1.165) is 5.56 Å². The van der Waals surface area contributed by atoms with Crippen LogP contribution < -0.4 is 15.6 Å². The van der Waals surface area contributed by atoms with Crippen LogP contribution in [0.1, 0.15) is 30.8 Å². The SMILES string of the molecule is COc1ccc(C(CC(=O)OCc2nnc3n(C)c(=O)c4ccccc4n23)NC(C)=O)cc1. The Morgan fingerprint density at radius 1 is 1.09 bits per heavy atom. The Bertz CT molecular complexity index is 1390. The minimum atomic E-state index is -0.558. The first-order valence-corrected chi connectivity index (χ1v) is 10.3. The molecule has 0 radical (unpaired) electrons. The summed E-state index contributed by atoms with van der Waals surface area (Å²) >= 11 is 0. The lowest BCUT2D eigenvalue weighted by Gasteiger charge is -2.18. The Labute approximate surface area is 188 Å². The predicted octanol–water partition coefficient (Wildman–Crippen LogP) is 1.90. The average Bonchev–Trinajstić information content (AvgIpc) is 3.25. The summed E-state index contributed by atoms with van der Waals surface area (Å²) in [5.41, 5.74) is 1.18. The third kappa shape index (κ3) is 4.40. The second kappa shape index (κ2) is 9.11. The smallest absolute Gasteiger partial charge is 0.308 e. The largest absolute Gasteiger partial charge is 0.497 e. The molecule has 4 rings (SSSR count). The van der Waals surface area contributed by atoms with Gasteiger partial charge in [-0.3, -0.25) is 23.4 Å². The third-order valence-electron chi connectivity index (χ3n) is 5.32. The molecule has 0 aliphatic carbocycles. The van der Waals surface area contributed by atoms with Gasteiger partial charge in [-0.2, -0.15) is 0 Å². The van der Waals surface area contributed by atoms with Crippen molar-refractivity contribution in [2.45, 2.75) is 26.0 Å². The van der Waals surface area contributed by atoms with Crippen molar-refractivity contribution in [1.29, 1.82) is 0 Å². The van der Waals surface area contributed by atoms with Gasteiger partial charge in [0.15, 0.2) is 12.4 Å². The van der Waals surface area contributed by atoms with Crippen molar-refractivity contribution in [3.05, 3.63) is 70.3 Å². The zero-order chi connectivity index (χ0) is 23.5. The fourth-order valence-corrected chi connectivity index (χ4v) is 3.69. The van der Waals surface area contributed by atoms with Crippen LogP contribution in [0.25, 0.3) is 16.7 Å². The minimum absolute atomic E-state index is 0.0676. The molecule has 2 heterocycles. The molecule has 1 atom stereocenters. The molecule has 0 saturated heterocycles. The Kier molecular flexibility index (Phi) is 6.07. The first-order valence-electron chi connectivity index (χ1n) is 10.3. The monoisotopic (exact) mass is 449 g/mol. The normalized spacial score (nSPS) is 12.0. The molecule has 2 aromatic heterocycles. The topological polar surface area (TPSA) is 117 Å². The summed E-state index contributed by atoms with van der Waals surface area (Å²) in [6.45, 7) is 1.25. The number of methoxy groups -OCH3 is 1. The summed E-state index contributed by atoms with van der Waals surface area (Å²) in [5.74, 6) is 0.614. The standard InChI is InChI=1S/C23H23N5O5/c1-14(29)24-18(15-8-10-16(32-3)11-9-15)12-21(30)33-13-20-25-26-23-27(2)22(31)17-6-4-5-7-19(17)28(20)23/h4-11,18H,12-13H2,1-3H3,(H,24,29). The van der Waals surface area contributed by atoms with Crippen LogP contribution in [0.3, 0.4) is 0 Å². The highest BCUT2D eigenvalue weighted by molar-refractivity contribution is 5.80. The Morgan fingerprint density at radius 3 is 2.52 bits per heavy atom. The highest BCUT2D eigenvalue weighted by Gasteiger charge is 2.20. The number of fused-ring (bicyclic) bond motifs is 3. The van der Waals surface area contributed by atoms with Crippen LogP contribution in [0.5, 0.6) is 5.75 Å². The quantitative estimate of drug-likeness (QED) is 0.428.